The van der Waals surface area contributed by atoms with Crippen molar-refractivity contribution >= 4 is 81.8 Å². The number of hydrogen-bond acceptors (Lipinski definition) is 16. The van der Waals surface area contributed by atoms with Crippen LogP contribution in [0, 0.1) is 5.92 Å². The number of guanidine groups is 1. The van der Waals surface area contributed by atoms with Crippen molar-refractivity contribution in [1.82, 2.24) is 67.7 Å². The summed E-state index contributed by atoms with van der Waals surface area (Å²) in [4.78, 5) is 167. The number of carbonyl (C=O) groups is 11. The molecule has 9 atom stereocenters. The number of rotatable bonds is 36. The maximum Gasteiger partial charge on any atom is 0.245 e. The monoisotopic (exact) mass is 1270 g/mol. The number of primary amides is 1. The Labute approximate surface area is 525 Å². The molecule has 2 aliphatic rings. The number of para-hydroxylation sites is 1. The summed E-state index contributed by atoms with van der Waals surface area (Å²) in [5.74, 6) is -8.61. The SMILES string of the molecule is CC(C)CCC(NC(=O)C(CCCCN)NC(=O)C(Cc1ccc(O)cc1)NC(=O)C(CO)NC(=O)C(Cc1c[nH]c2ccccc12)NC(=O)C(Cc1cnc[nH]1)NC(=O)C1CCC(=O)N1)C(=O)NC(CCCN=C(N)N)C(=O)N1CCCC1C(=O)NCC(N)=O. The lowest BCUT2D eigenvalue weighted by atomic mass is 10.00. The third kappa shape index (κ3) is 21.8. The van der Waals surface area contributed by atoms with Crippen molar-refractivity contribution in [3.63, 3.8) is 0 Å². The number of nitrogens with one attached hydrogen (secondary N) is 11. The summed E-state index contributed by atoms with van der Waals surface area (Å²) in [5.41, 5.74) is 24.3. The summed E-state index contributed by atoms with van der Waals surface area (Å²) in [6.45, 7) is 2.79. The van der Waals surface area contributed by atoms with Gasteiger partial charge in [0.1, 0.15) is 60.1 Å². The molecule has 21 N–H and O–H groups in total. The van der Waals surface area contributed by atoms with Crippen LogP contribution in [0.3, 0.4) is 0 Å². The molecule has 4 heterocycles. The van der Waals surface area contributed by atoms with E-state index in [1.807, 2.05) is 13.8 Å². The highest BCUT2D eigenvalue weighted by molar-refractivity contribution is 6.00. The molecule has 0 radical (unpaired) electrons. The lowest BCUT2D eigenvalue weighted by molar-refractivity contribution is -0.142. The van der Waals surface area contributed by atoms with E-state index in [1.54, 1.807) is 30.5 Å². The minimum absolute atomic E-state index is 0.00586. The number of phenols is 1. The molecule has 494 valence electrons. The third-order valence-corrected chi connectivity index (χ3v) is 15.6. The van der Waals surface area contributed by atoms with Crippen molar-refractivity contribution < 1.29 is 63.0 Å². The molecule has 0 saturated carbocycles. The quantitative estimate of drug-likeness (QED) is 0.0119. The van der Waals surface area contributed by atoms with E-state index < -0.39 is 127 Å². The first kappa shape index (κ1) is 70.4. The van der Waals surface area contributed by atoms with Gasteiger partial charge in [-0.3, -0.25) is 57.7 Å². The topological polar surface area (TPSA) is 501 Å². The normalized spacial score (nSPS) is 16.8. The zero-order valence-corrected chi connectivity index (χ0v) is 51.1. The molecule has 2 aliphatic heterocycles. The number of nitrogens with zero attached hydrogens (tertiary/aromatic N) is 3. The molecule has 31 heteroatoms. The first-order valence-electron chi connectivity index (χ1n) is 30.5. The molecule has 0 bridgehead atoms. The highest BCUT2D eigenvalue weighted by atomic mass is 16.3. The summed E-state index contributed by atoms with van der Waals surface area (Å²) >= 11 is 0. The average Bonchev–Trinajstić information content (AvgIpc) is 2.00. The van der Waals surface area contributed by atoms with Gasteiger partial charge in [0.25, 0.3) is 0 Å². The smallest absolute Gasteiger partial charge is 0.245 e. The van der Waals surface area contributed by atoms with Crippen molar-refractivity contribution in [3.05, 3.63) is 84.1 Å². The summed E-state index contributed by atoms with van der Waals surface area (Å²) < 4.78 is 0. The van der Waals surface area contributed by atoms with E-state index in [1.165, 1.54) is 41.7 Å². The van der Waals surface area contributed by atoms with Crippen LogP contribution in [-0.2, 0) is 72.0 Å². The molecule has 31 nitrogen and oxygen atoms in total. The summed E-state index contributed by atoms with van der Waals surface area (Å²) in [6.07, 6.45) is 6.29. The Morgan fingerprint density at radius 2 is 1.29 bits per heavy atom. The maximum absolute atomic E-state index is 14.8. The molecule has 2 aromatic carbocycles. The number of fused-ring (bicyclic) bond motifs is 1. The number of unbranched alkanes of at least 4 members (excludes halogenated alkanes) is 1. The van der Waals surface area contributed by atoms with Gasteiger partial charge < -0.3 is 95.9 Å². The first-order valence-corrected chi connectivity index (χ1v) is 30.5. The highest BCUT2D eigenvalue weighted by Gasteiger charge is 2.40. The Hall–Kier alpha value is -9.65. The number of aromatic hydroxyl groups is 1. The fraction of sp³-hybridized carbons (Fsp3) is 0.517. The van der Waals surface area contributed by atoms with E-state index in [4.69, 9.17) is 22.9 Å². The molecular weight excluding hydrogens is 1180 g/mol. The molecule has 9 unspecified atom stereocenters. The predicted molar refractivity (Wildman–Crippen MR) is 332 cm³/mol. The van der Waals surface area contributed by atoms with E-state index in [0.717, 1.165) is 0 Å². The fourth-order valence-corrected chi connectivity index (χ4v) is 10.6. The summed E-state index contributed by atoms with van der Waals surface area (Å²) in [6, 6.07) is 0.901. The molecule has 2 fully saturated rings. The molecule has 11 amide bonds. The van der Waals surface area contributed by atoms with Gasteiger partial charge in [0.2, 0.25) is 65.0 Å². The van der Waals surface area contributed by atoms with Crippen LogP contribution in [0.5, 0.6) is 5.75 Å². The second-order valence-electron chi connectivity index (χ2n) is 23.1. The van der Waals surface area contributed by atoms with Gasteiger partial charge in [0.15, 0.2) is 5.96 Å². The number of aliphatic hydroxyl groups is 1. The summed E-state index contributed by atoms with van der Waals surface area (Å²) in [7, 11) is 0. The Balaban J connectivity index is 1.24. The second kappa shape index (κ2) is 34.9. The molecule has 91 heavy (non-hydrogen) atoms. The van der Waals surface area contributed by atoms with Gasteiger partial charge >= 0.3 is 0 Å². The number of aliphatic hydroxyl groups excluding tert-OH is 1. The van der Waals surface area contributed by atoms with Gasteiger partial charge in [-0.1, -0.05) is 44.2 Å². The number of aromatic nitrogens is 3. The van der Waals surface area contributed by atoms with Crippen LogP contribution in [0.15, 0.2) is 72.2 Å². The molecule has 0 aliphatic carbocycles. The Bertz CT molecular complexity index is 3190. The van der Waals surface area contributed by atoms with Crippen LogP contribution in [0.2, 0.25) is 0 Å². The Morgan fingerprint density at radius 3 is 1.90 bits per heavy atom. The van der Waals surface area contributed by atoms with Crippen LogP contribution < -0.4 is 70.8 Å². The number of imidazole rings is 1. The van der Waals surface area contributed by atoms with Gasteiger partial charge in [0.05, 0.1) is 19.5 Å². The minimum Gasteiger partial charge on any atom is -0.508 e. The number of likely N-dealkylation sites (tertiary alicyclic amines) is 1. The van der Waals surface area contributed by atoms with E-state index in [0.29, 0.717) is 53.4 Å². The van der Waals surface area contributed by atoms with Crippen LogP contribution in [0.25, 0.3) is 10.9 Å². The molecule has 2 saturated heterocycles. The molecule has 4 aromatic rings. The number of phenolic OH excluding ortho intramolecular Hbond substituents is 1. The largest absolute Gasteiger partial charge is 0.508 e. The molecule has 2 aromatic heterocycles. The van der Waals surface area contributed by atoms with E-state index in [2.05, 4.69) is 67.8 Å². The van der Waals surface area contributed by atoms with Crippen molar-refractivity contribution in [1.29, 1.82) is 0 Å². The van der Waals surface area contributed by atoms with Crippen molar-refractivity contribution in [3.8, 4) is 5.75 Å². The van der Waals surface area contributed by atoms with Crippen molar-refractivity contribution in [2.45, 2.75) is 158 Å². The second-order valence-corrected chi connectivity index (χ2v) is 23.1. The number of amides is 11. The van der Waals surface area contributed by atoms with Gasteiger partial charge in [0, 0.05) is 67.8 Å². The van der Waals surface area contributed by atoms with Crippen LogP contribution in [-0.4, -0.2) is 188 Å². The van der Waals surface area contributed by atoms with Gasteiger partial charge in [-0.2, -0.15) is 0 Å². The number of carbonyl (C=O) groups excluding carboxylic acids is 11. The molecule has 0 spiro atoms. The number of aromatic amines is 2. The van der Waals surface area contributed by atoms with Crippen LogP contribution in [0.4, 0.5) is 0 Å². The number of H-pyrrole nitrogens is 2. The highest BCUT2D eigenvalue weighted by Crippen LogP contribution is 2.22. The number of hydrogen-bond donors (Lipinski definition) is 17. The predicted octanol–water partition coefficient (Wildman–Crippen LogP) is -3.50. The Morgan fingerprint density at radius 1 is 0.681 bits per heavy atom. The van der Waals surface area contributed by atoms with Crippen molar-refractivity contribution in [2.75, 3.05) is 32.8 Å². The van der Waals surface area contributed by atoms with E-state index >= 15 is 0 Å². The molecule has 6 rings (SSSR count). The maximum atomic E-state index is 14.8. The molecular formula is C60H86N18O13. The zero-order valence-electron chi connectivity index (χ0n) is 51.1. The standard InChI is InChI=1S/C60H86N18O13/c1-33(2)14-19-42(53(85)73-43(12-7-23-66-60(63)64)59(91)78-24-8-13-48(78)58(90)68-30-49(62)81)72-51(83)40(11-5-6-22-61)71-54(86)44(25-34-15-17-37(80)18-16-34)74-57(89)47(31-79)77-55(87)45(26-35-28-67-39-10-4-3-9-38(35)39)75-56(88)46(27-36-29-65-32-69-36)76-52(84)41-20-21-50(82)70-41/h3-4,9-10,15-18,28-29,32-33,40-48,67,79-80H,5-8,11-14,19-27,30-31,61H2,1-2H3,(H2,62,81)(H,65,69)(H,68,90)(H,70,82)(H,71,86)(H,72,83)(H,73,85)(H,74,89)(H,75,88)(H,76,84)(H,77,87)(H4,63,64,66). The number of nitrogens with two attached hydrogens (primary N) is 4. The summed E-state index contributed by atoms with van der Waals surface area (Å²) in [5, 5.41) is 45.5. The van der Waals surface area contributed by atoms with E-state index in [9.17, 15) is 63.0 Å². The minimum atomic E-state index is -1.78. The van der Waals surface area contributed by atoms with Gasteiger partial charge in [-0.25, -0.2) is 4.98 Å². The van der Waals surface area contributed by atoms with Crippen LogP contribution in [0.1, 0.15) is 101 Å². The van der Waals surface area contributed by atoms with Gasteiger partial charge in [-0.15, -0.1) is 0 Å². The zero-order chi connectivity index (χ0) is 66.1. The lowest BCUT2D eigenvalue weighted by Gasteiger charge is -2.30. The van der Waals surface area contributed by atoms with E-state index in [-0.39, 0.29) is 107 Å². The fourth-order valence-electron chi connectivity index (χ4n) is 10.6. The van der Waals surface area contributed by atoms with Crippen molar-refractivity contribution in [2.24, 2.45) is 33.8 Å². The Kier molecular flexibility index (Phi) is 27.0. The average molecular weight is 1270 g/mol. The number of aliphatic imine (C=N–C) groups is 1. The van der Waals surface area contributed by atoms with Crippen LogP contribution >= 0.6 is 0 Å². The third-order valence-electron chi connectivity index (χ3n) is 15.6. The number of benzene rings is 2. The van der Waals surface area contributed by atoms with Gasteiger partial charge in [-0.05, 0) is 106 Å². The lowest BCUT2D eigenvalue weighted by Crippen LogP contribution is -2.61. The first-order chi connectivity index (χ1) is 43.5.